The van der Waals surface area contributed by atoms with Gasteiger partial charge in [-0.2, -0.15) is 0 Å². The summed E-state index contributed by atoms with van der Waals surface area (Å²) in [6.45, 7) is 9.59. The first-order valence-electron chi connectivity index (χ1n) is 7.51. The number of hydrogen-bond acceptors (Lipinski definition) is 6. The maximum absolute atomic E-state index is 12.2. The third-order valence-corrected chi connectivity index (χ3v) is 4.14. The molecule has 1 aromatic heterocycles. The van der Waals surface area contributed by atoms with Crippen LogP contribution in [-0.2, 0) is 9.53 Å². The van der Waals surface area contributed by atoms with Gasteiger partial charge >= 0.3 is 5.97 Å². The van der Waals surface area contributed by atoms with Crippen LogP contribution >= 0.6 is 11.3 Å². The molecule has 22 heavy (non-hydrogen) atoms. The average Bonchev–Trinajstić information content (AvgIpc) is 2.83. The predicted octanol–water partition coefficient (Wildman–Crippen LogP) is 2.90. The molecule has 0 bridgehead atoms. The lowest BCUT2D eigenvalue weighted by Gasteiger charge is -2.21. The lowest BCUT2D eigenvalue weighted by atomic mass is 9.97. The van der Waals surface area contributed by atoms with E-state index in [1.54, 1.807) is 13.8 Å². The van der Waals surface area contributed by atoms with Crippen molar-refractivity contribution < 1.29 is 14.3 Å². The maximum atomic E-state index is 12.2. The van der Waals surface area contributed by atoms with Gasteiger partial charge in [0, 0.05) is 0 Å². The van der Waals surface area contributed by atoms with E-state index < -0.39 is 11.5 Å². The van der Waals surface area contributed by atoms with Gasteiger partial charge in [0.15, 0.2) is 5.13 Å². The number of amides is 1. The van der Waals surface area contributed by atoms with Crippen molar-refractivity contribution in [3.63, 3.8) is 0 Å². The molecule has 1 heterocycles. The third kappa shape index (κ3) is 4.51. The van der Waals surface area contributed by atoms with Gasteiger partial charge in [-0.05, 0) is 26.2 Å². The number of ether oxygens (including phenoxy) is 1. The van der Waals surface area contributed by atoms with Crippen molar-refractivity contribution in [3.05, 3.63) is 10.6 Å². The summed E-state index contributed by atoms with van der Waals surface area (Å²) in [7, 11) is 0. The Morgan fingerprint density at radius 3 is 2.55 bits per heavy atom. The molecule has 0 fully saturated rings. The predicted molar refractivity (Wildman–Crippen MR) is 88.3 cm³/mol. The molecule has 0 aliphatic rings. The van der Waals surface area contributed by atoms with E-state index in [9.17, 15) is 9.59 Å². The van der Waals surface area contributed by atoms with Crippen molar-refractivity contribution in [1.29, 1.82) is 0 Å². The van der Waals surface area contributed by atoms with E-state index in [1.165, 1.54) is 0 Å². The number of hydrogen-bond donors (Lipinski definition) is 2. The topological polar surface area (TPSA) is 94.3 Å². The number of esters is 1. The second-order valence-electron chi connectivity index (χ2n) is 5.73. The van der Waals surface area contributed by atoms with E-state index in [4.69, 9.17) is 10.5 Å². The number of nitrogens with zero attached hydrogens (tertiary/aromatic N) is 1. The standard InChI is InChI=1S/C15H25N3O3S/c1-6-8-15(5,16)13(20)18-14-17-10(9(3)4)11(22-14)12(19)21-7-2/h9H,6-8,16H2,1-5H3,(H,17,18,20). The van der Waals surface area contributed by atoms with Crippen LogP contribution < -0.4 is 11.1 Å². The van der Waals surface area contributed by atoms with Crippen LogP contribution in [0.5, 0.6) is 0 Å². The zero-order valence-corrected chi connectivity index (χ0v) is 14.7. The summed E-state index contributed by atoms with van der Waals surface area (Å²) in [5.74, 6) is -0.650. The summed E-state index contributed by atoms with van der Waals surface area (Å²) >= 11 is 1.13. The Hall–Kier alpha value is -1.47. The number of anilines is 1. The SMILES string of the molecule is CCCC(C)(N)C(=O)Nc1nc(C(C)C)c(C(=O)OCC)s1. The fourth-order valence-electron chi connectivity index (χ4n) is 1.99. The number of carbonyl (C=O) groups is 2. The summed E-state index contributed by atoms with van der Waals surface area (Å²) in [6, 6.07) is 0. The highest BCUT2D eigenvalue weighted by atomic mass is 32.1. The first-order valence-corrected chi connectivity index (χ1v) is 8.32. The molecule has 1 atom stereocenters. The highest BCUT2D eigenvalue weighted by Crippen LogP contribution is 2.29. The normalized spacial score (nSPS) is 13.8. The molecule has 0 radical (unpaired) electrons. The van der Waals surface area contributed by atoms with Crippen molar-refractivity contribution in [2.24, 2.45) is 5.73 Å². The number of thiazole rings is 1. The van der Waals surface area contributed by atoms with E-state index in [0.717, 1.165) is 17.8 Å². The zero-order chi connectivity index (χ0) is 16.9. The molecular weight excluding hydrogens is 302 g/mol. The quantitative estimate of drug-likeness (QED) is 0.751. The van der Waals surface area contributed by atoms with Crippen molar-refractivity contribution in [1.82, 2.24) is 4.98 Å². The Labute approximate surface area is 135 Å². The van der Waals surface area contributed by atoms with Crippen LogP contribution in [0, 0.1) is 0 Å². The molecule has 1 amide bonds. The van der Waals surface area contributed by atoms with Crippen molar-refractivity contribution in [2.75, 3.05) is 11.9 Å². The molecule has 0 saturated heterocycles. The minimum atomic E-state index is -0.956. The molecule has 0 aromatic carbocycles. The Morgan fingerprint density at radius 1 is 1.41 bits per heavy atom. The van der Waals surface area contributed by atoms with Gasteiger partial charge in [0.05, 0.1) is 17.8 Å². The molecule has 1 aromatic rings. The number of nitrogens with one attached hydrogen (secondary N) is 1. The van der Waals surface area contributed by atoms with Gasteiger partial charge in [0.25, 0.3) is 0 Å². The van der Waals surface area contributed by atoms with Crippen LogP contribution in [0.4, 0.5) is 5.13 Å². The smallest absolute Gasteiger partial charge is 0.350 e. The lowest BCUT2D eigenvalue weighted by molar-refractivity contribution is -0.120. The Bertz CT molecular complexity index is 538. The Balaban J connectivity index is 3.00. The minimum absolute atomic E-state index is 0.0567. The highest BCUT2D eigenvalue weighted by Gasteiger charge is 2.29. The molecule has 0 aliphatic heterocycles. The molecule has 0 saturated carbocycles. The number of aromatic nitrogens is 1. The molecule has 0 aliphatic carbocycles. The van der Waals surface area contributed by atoms with Gasteiger partial charge in [0.2, 0.25) is 5.91 Å². The molecular formula is C15H25N3O3S. The van der Waals surface area contributed by atoms with Crippen LogP contribution in [0.1, 0.15) is 68.7 Å². The fourth-order valence-corrected chi connectivity index (χ4v) is 3.00. The first kappa shape index (κ1) is 18.6. The third-order valence-electron chi connectivity index (χ3n) is 3.17. The van der Waals surface area contributed by atoms with Crippen molar-refractivity contribution in [2.45, 2.75) is 58.9 Å². The van der Waals surface area contributed by atoms with E-state index in [1.807, 2.05) is 20.8 Å². The van der Waals surface area contributed by atoms with Gasteiger partial charge in [-0.15, -0.1) is 0 Å². The first-order chi connectivity index (χ1) is 10.2. The molecule has 1 unspecified atom stereocenters. The summed E-state index contributed by atoms with van der Waals surface area (Å²) in [6.07, 6.45) is 1.38. The molecule has 3 N–H and O–H groups in total. The second-order valence-corrected chi connectivity index (χ2v) is 6.73. The summed E-state index contributed by atoms with van der Waals surface area (Å²) in [5.41, 5.74) is 5.68. The minimum Gasteiger partial charge on any atom is -0.462 e. The van der Waals surface area contributed by atoms with Crippen LogP contribution in [-0.4, -0.2) is 29.0 Å². The van der Waals surface area contributed by atoms with E-state index >= 15 is 0 Å². The molecule has 7 heteroatoms. The van der Waals surface area contributed by atoms with Gasteiger partial charge in [-0.3, -0.25) is 4.79 Å². The van der Waals surface area contributed by atoms with E-state index in [0.29, 0.717) is 28.7 Å². The number of carbonyl (C=O) groups excluding carboxylic acids is 2. The van der Waals surface area contributed by atoms with E-state index in [2.05, 4.69) is 10.3 Å². The average molecular weight is 327 g/mol. The van der Waals surface area contributed by atoms with Crippen LogP contribution in [0.15, 0.2) is 0 Å². The summed E-state index contributed by atoms with van der Waals surface area (Å²) in [5, 5.41) is 3.09. The number of rotatable bonds is 7. The van der Waals surface area contributed by atoms with Gasteiger partial charge < -0.3 is 15.8 Å². The lowest BCUT2D eigenvalue weighted by Crippen LogP contribution is -2.48. The molecule has 0 spiro atoms. The molecule has 6 nitrogen and oxygen atoms in total. The van der Waals surface area contributed by atoms with E-state index in [-0.39, 0.29) is 11.8 Å². The number of nitrogens with two attached hydrogens (primary N) is 1. The summed E-state index contributed by atoms with van der Waals surface area (Å²) in [4.78, 5) is 29.0. The van der Waals surface area contributed by atoms with Crippen LogP contribution in [0.25, 0.3) is 0 Å². The van der Waals surface area contributed by atoms with Crippen LogP contribution in [0.3, 0.4) is 0 Å². The van der Waals surface area contributed by atoms with Crippen molar-refractivity contribution >= 4 is 28.3 Å². The van der Waals surface area contributed by atoms with Gasteiger partial charge in [-0.25, -0.2) is 9.78 Å². The second kappa shape index (κ2) is 7.69. The summed E-state index contributed by atoms with van der Waals surface area (Å²) < 4.78 is 5.04. The fraction of sp³-hybridized carbons (Fsp3) is 0.667. The monoisotopic (exact) mass is 327 g/mol. The largest absolute Gasteiger partial charge is 0.462 e. The van der Waals surface area contributed by atoms with Gasteiger partial charge in [0.1, 0.15) is 4.88 Å². The zero-order valence-electron chi connectivity index (χ0n) is 13.9. The molecule has 1 rings (SSSR count). The van der Waals surface area contributed by atoms with Crippen molar-refractivity contribution in [3.8, 4) is 0 Å². The Kier molecular flexibility index (Phi) is 6.49. The van der Waals surface area contributed by atoms with Gasteiger partial charge in [-0.1, -0.05) is 38.5 Å². The molecule has 124 valence electrons. The highest BCUT2D eigenvalue weighted by molar-refractivity contribution is 7.17. The van der Waals surface area contributed by atoms with Crippen LogP contribution in [0.2, 0.25) is 0 Å². The Morgan fingerprint density at radius 2 is 2.05 bits per heavy atom. The maximum Gasteiger partial charge on any atom is 0.350 e.